The van der Waals surface area contributed by atoms with Crippen LogP contribution < -0.4 is 10.6 Å². The molecule has 0 radical (unpaired) electrons. The van der Waals surface area contributed by atoms with E-state index in [1.165, 1.54) is 9.80 Å². The molecule has 14 nitrogen and oxygen atoms in total. The summed E-state index contributed by atoms with van der Waals surface area (Å²) >= 11 is 0. The van der Waals surface area contributed by atoms with E-state index in [-0.39, 0.29) is 44.7 Å². The highest BCUT2D eigenvalue weighted by atomic mass is 16.4. The SMILES string of the molecule is Cn1cccc1C(=O)NC1CC(C(=O)O)N(C(=O)CC(C)(C)CC(=O)N2CCC(NC(=O)c3cccn3C)C2C(=O)O)C1. The van der Waals surface area contributed by atoms with E-state index < -0.39 is 59.2 Å². The molecule has 2 fully saturated rings. The van der Waals surface area contributed by atoms with Crippen LogP contribution in [0.3, 0.4) is 0 Å². The normalized spacial score (nSPS) is 22.0. The van der Waals surface area contributed by atoms with Crippen molar-refractivity contribution in [2.45, 2.75) is 63.7 Å². The Morgan fingerprint density at radius 1 is 0.837 bits per heavy atom. The summed E-state index contributed by atoms with van der Waals surface area (Å²) in [5, 5.41) is 25.3. The number of carbonyl (C=O) groups is 6. The Balaban J connectivity index is 1.38. The van der Waals surface area contributed by atoms with Crippen LogP contribution >= 0.6 is 0 Å². The topological polar surface area (TPSA) is 183 Å². The van der Waals surface area contributed by atoms with Gasteiger partial charge in [-0.3, -0.25) is 19.2 Å². The van der Waals surface area contributed by atoms with Gasteiger partial charge in [0, 0.05) is 64.9 Å². The van der Waals surface area contributed by atoms with E-state index in [9.17, 15) is 39.0 Å². The van der Waals surface area contributed by atoms with Gasteiger partial charge in [-0.1, -0.05) is 13.8 Å². The van der Waals surface area contributed by atoms with Crippen LogP contribution in [0.25, 0.3) is 0 Å². The van der Waals surface area contributed by atoms with E-state index in [1.54, 1.807) is 73.7 Å². The summed E-state index contributed by atoms with van der Waals surface area (Å²) in [7, 11) is 3.41. The maximum Gasteiger partial charge on any atom is 0.328 e. The van der Waals surface area contributed by atoms with Gasteiger partial charge in [-0.2, -0.15) is 0 Å². The molecule has 4 N–H and O–H groups in total. The molecular formula is C29H38N6O8. The molecule has 2 aromatic heterocycles. The lowest BCUT2D eigenvalue weighted by Gasteiger charge is -2.31. The van der Waals surface area contributed by atoms with Crippen molar-refractivity contribution in [3.63, 3.8) is 0 Å². The molecule has 2 aliphatic rings. The van der Waals surface area contributed by atoms with E-state index in [1.807, 2.05) is 0 Å². The van der Waals surface area contributed by atoms with Crippen LogP contribution in [0, 0.1) is 5.41 Å². The first-order valence-corrected chi connectivity index (χ1v) is 14.1. The highest BCUT2D eigenvalue weighted by Crippen LogP contribution is 2.31. The second-order valence-electron chi connectivity index (χ2n) is 12.1. The second-order valence-corrected chi connectivity index (χ2v) is 12.1. The number of aliphatic carboxylic acids is 2. The Morgan fingerprint density at radius 3 is 1.86 bits per heavy atom. The van der Waals surface area contributed by atoms with Crippen LogP contribution in [-0.2, 0) is 33.3 Å². The van der Waals surface area contributed by atoms with E-state index in [0.29, 0.717) is 11.4 Å². The number of hydrogen-bond acceptors (Lipinski definition) is 6. The fraction of sp³-hybridized carbons (Fsp3) is 0.517. The lowest BCUT2D eigenvalue weighted by atomic mass is 9.84. The standard InChI is InChI=1S/C29H38N6O8/c1-29(2,14-22(36)34-12-9-18(24(34)28(42)43)31-26(39)20-8-6-11-33(20)4)15-23(37)35-16-17(13-21(35)27(40)41)30-25(38)19-7-5-10-32(19)3/h5-8,10-11,17-18,21,24H,9,12-16H2,1-4H3,(H,30,38)(H,31,39)(H,40,41)(H,42,43). The average Bonchev–Trinajstić information content (AvgIpc) is 3.69. The van der Waals surface area contributed by atoms with Crippen molar-refractivity contribution >= 4 is 35.6 Å². The number of amides is 4. The Hall–Kier alpha value is -4.62. The number of aryl methyl sites for hydroxylation is 2. The van der Waals surface area contributed by atoms with Gasteiger partial charge in [0.2, 0.25) is 11.8 Å². The molecular weight excluding hydrogens is 560 g/mol. The number of nitrogens with one attached hydrogen (secondary N) is 2. The molecule has 4 amide bonds. The number of carboxylic acid groups (broad SMARTS) is 2. The molecule has 0 aliphatic carbocycles. The number of likely N-dealkylation sites (tertiary alicyclic amines) is 2. The van der Waals surface area contributed by atoms with Crippen molar-refractivity contribution in [3.05, 3.63) is 48.0 Å². The maximum absolute atomic E-state index is 13.4. The van der Waals surface area contributed by atoms with Crippen molar-refractivity contribution in [1.82, 2.24) is 29.6 Å². The Morgan fingerprint density at radius 2 is 1.37 bits per heavy atom. The summed E-state index contributed by atoms with van der Waals surface area (Å²) in [6.07, 6.45) is 3.37. The monoisotopic (exact) mass is 598 g/mol. The van der Waals surface area contributed by atoms with E-state index in [2.05, 4.69) is 10.6 Å². The zero-order chi connectivity index (χ0) is 31.6. The van der Waals surface area contributed by atoms with Gasteiger partial charge in [-0.05, 0) is 36.1 Å². The predicted molar refractivity (Wildman–Crippen MR) is 152 cm³/mol. The maximum atomic E-state index is 13.4. The van der Waals surface area contributed by atoms with Gasteiger partial charge < -0.3 is 39.8 Å². The molecule has 2 aliphatic heterocycles. The molecule has 0 saturated carbocycles. The molecule has 2 saturated heterocycles. The van der Waals surface area contributed by atoms with E-state index in [0.717, 1.165) is 0 Å². The van der Waals surface area contributed by atoms with Gasteiger partial charge in [-0.25, -0.2) is 9.59 Å². The van der Waals surface area contributed by atoms with Gasteiger partial charge in [0.25, 0.3) is 11.8 Å². The molecule has 2 aromatic rings. The minimum absolute atomic E-state index is 0.00568. The van der Waals surface area contributed by atoms with Gasteiger partial charge in [0.05, 0.1) is 6.04 Å². The molecule has 4 atom stereocenters. The van der Waals surface area contributed by atoms with Crippen LogP contribution in [0.5, 0.6) is 0 Å². The fourth-order valence-electron chi connectivity index (χ4n) is 5.96. The predicted octanol–water partition coefficient (Wildman–Crippen LogP) is 0.438. The van der Waals surface area contributed by atoms with Crippen molar-refractivity contribution in [2.75, 3.05) is 13.1 Å². The minimum atomic E-state index is -1.27. The number of carbonyl (C=O) groups excluding carboxylic acids is 4. The van der Waals surface area contributed by atoms with Gasteiger partial charge >= 0.3 is 11.9 Å². The van der Waals surface area contributed by atoms with Crippen LogP contribution in [0.1, 0.15) is 60.5 Å². The summed E-state index contributed by atoms with van der Waals surface area (Å²) in [6, 6.07) is 2.88. The summed E-state index contributed by atoms with van der Waals surface area (Å²) in [5.74, 6) is -4.22. The highest BCUT2D eigenvalue weighted by Gasteiger charge is 2.45. The van der Waals surface area contributed by atoms with Gasteiger partial charge in [0.15, 0.2) is 0 Å². The number of rotatable bonds is 10. The lowest BCUT2D eigenvalue weighted by molar-refractivity contribution is -0.151. The van der Waals surface area contributed by atoms with Gasteiger partial charge in [0.1, 0.15) is 23.5 Å². The van der Waals surface area contributed by atoms with Crippen molar-refractivity contribution < 1.29 is 39.0 Å². The van der Waals surface area contributed by atoms with Crippen molar-refractivity contribution in [2.24, 2.45) is 19.5 Å². The number of carboxylic acids is 2. The van der Waals surface area contributed by atoms with E-state index in [4.69, 9.17) is 0 Å². The molecule has 4 unspecified atom stereocenters. The summed E-state index contributed by atoms with van der Waals surface area (Å²) in [4.78, 5) is 78.7. The molecule has 232 valence electrons. The molecule has 0 aromatic carbocycles. The van der Waals surface area contributed by atoms with Crippen LogP contribution in [0.4, 0.5) is 0 Å². The summed E-state index contributed by atoms with van der Waals surface area (Å²) < 4.78 is 3.24. The number of nitrogens with zero attached hydrogens (tertiary/aromatic N) is 4. The van der Waals surface area contributed by atoms with Crippen molar-refractivity contribution in [1.29, 1.82) is 0 Å². The zero-order valence-electron chi connectivity index (χ0n) is 24.6. The van der Waals surface area contributed by atoms with Crippen LogP contribution in [0.2, 0.25) is 0 Å². The third kappa shape index (κ3) is 6.89. The van der Waals surface area contributed by atoms with Gasteiger partial charge in [-0.15, -0.1) is 0 Å². The fourth-order valence-corrected chi connectivity index (χ4v) is 5.96. The Bertz CT molecular complexity index is 1410. The number of hydrogen-bond donors (Lipinski definition) is 4. The largest absolute Gasteiger partial charge is 0.480 e. The first-order valence-electron chi connectivity index (χ1n) is 14.1. The lowest BCUT2D eigenvalue weighted by Crippen LogP contribution is -2.51. The average molecular weight is 599 g/mol. The molecule has 4 heterocycles. The molecule has 0 bridgehead atoms. The van der Waals surface area contributed by atoms with E-state index >= 15 is 0 Å². The first kappa shape index (κ1) is 31.3. The molecule has 0 spiro atoms. The third-order valence-corrected chi connectivity index (χ3v) is 8.14. The van der Waals surface area contributed by atoms with Crippen molar-refractivity contribution in [3.8, 4) is 0 Å². The Kier molecular flexibility index (Phi) is 8.97. The van der Waals surface area contributed by atoms with Crippen LogP contribution in [-0.4, -0.2) is 102 Å². The molecule has 14 heteroatoms. The first-order chi connectivity index (χ1) is 20.2. The third-order valence-electron chi connectivity index (χ3n) is 8.14. The molecule has 4 rings (SSSR count). The highest BCUT2D eigenvalue weighted by molar-refractivity contribution is 5.94. The number of aromatic nitrogens is 2. The van der Waals surface area contributed by atoms with Crippen LogP contribution in [0.15, 0.2) is 36.7 Å². The quantitative estimate of drug-likeness (QED) is 0.304. The smallest absolute Gasteiger partial charge is 0.328 e. The summed E-state index contributed by atoms with van der Waals surface area (Å²) in [5.41, 5.74) is -0.175. The minimum Gasteiger partial charge on any atom is -0.480 e. The summed E-state index contributed by atoms with van der Waals surface area (Å²) in [6.45, 7) is 3.49. The molecule has 43 heavy (non-hydrogen) atoms. The Labute approximate surface area is 248 Å². The zero-order valence-corrected chi connectivity index (χ0v) is 24.6. The second kappa shape index (κ2) is 12.3.